The van der Waals surface area contributed by atoms with E-state index in [4.69, 9.17) is 14.2 Å². The van der Waals surface area contributed by atoms with Gasteiger partial charge in [-0.25, -0.2) is 51.9 Å². The number of halogens is 8. The van der Waals surface area contributed by atoms with Gasteiger partial charge >= 0.3 is 6.18 Å². The summed E-state index contributed by atoms with van der Waals surface area (Å²) in [5, 5.41) is 13.2. The molecule has 35 heteroatoms. The molecule has 0 saturated carbocycles. The minimum Gasteiger partial charge on any atom is -0.435 e. The highest BCUT2D eigenvalue weighted by Crippen LogP contribution is 2.43. The van der Waals surface area contributed by atoms with Crippen LogP contribution < -0.4 is 50.2 Å². The van der Waals surface area contributed by atoms with Crippen molar-refractivity contribution >= 4 is 102 Å². The van der Waals surface area contributed by atoms with E-state index < -0.39 is 52.7 Å². The maximum atomic E-state index is 15.3. The van der Waals surface area contributed by atoms with Gasteiger partial charge in [-0.1, -0.05) is 0 Å². The van der Waals surface area contributed by atoms with Gasteiger partial charge in [-0.2, -0.15) is 13.2 Å². The molecule has 3 aliphatic rings. The highest BCUT2D eigenvalue weighted by atomic mass is 19.4. The summed E-state index contributed by atoms with van der Waals surface area (Å²) in [6.07, 6.45) is -1.10. The Balaban J connectivity index is 0.000000155. The van der Waals surface area contributed by atoms with Crippen LogP contribution in [0, 0.1) is 49.9 Å². The molecule has 0 spiro atoms. The van der Waals surface area contributed by atoms with Gasteiger partial charge in [0.2, 0.25) is 17.6 Å². The number of alkyl halides is 3. The third-order valence-corrected chi connectivity index (χ3v) is 20.8. The molecule has 7 N–H and O–H groups in total. The summed E-state index contributed by atoms with van der Waals surface area (Å²) >= 11 is 0. The van der Waals surface area contributed by atoms with Crippen molar-refractivity contribution in [3.63, 3.8) is 0 Å². The first-order valence-corrected chi connectivity index (χ1v) is 38.7. The van der Waals surface area contributed by atoms with Gasteiger partial charge in [0.15, 0.2) is 52.2 Å². The number of benzene rings is 6. The number of H-pyrrole nitrogens is 3. The zero-order chi connectivity index (χ0) is 84.7. The van der Waals surface area contributed by atoms with Gasteiger partial charge in [-0.05, 0) is 165 Å². The summed E-state index contributed by atoms with van der Waals surface area (Å²) < 4.78 is 136. The number of likely N-dealkylation sites (N-methyl/N-ethyl adjacent to an activating group) is 2. The largest absolute Gasteiger partial charge is 0.435 e. The van der Waals surface area contributed by atoms with E-state index in [2.05, 4.69) is 75.9 Å². The van der Waals surface area contributed by atoms with Crippen LogP contribution in [0.1, 0.15) is 74.5 Å². The van der Waals surface area contributed by atoms with Gasteiger partial charge in [0.05, 0.1) is 16.9 Å². The summed E-state index contributed by atoms with van der Waals surface area (Å²) in [7, 11) is 8.77. The summed E-state index contributed by atoms with van der Waals surface area (Å²) in [6.45, 7) is 20.4. The van der Waals surface area contributed by atoms with Gasteiger partial charge in [-0.15, -0.1) is 0 Å². The van der Waals surface area contributed by atoms with Crippen molar-refractivity contribution in [3.05, 3.63) is 197 Å². The van der Waals surface area contributed by atoms with Gasteiger partial charge in [-0.3, -0.25) is 14.4 Å². The Bertz CT molecular complexity index is 5710. The molecular weight excluding hydrogens is 1550 g/mol. The summed E-state index contributed by atoms with van der Waals surface area (Å²) in [5.74, 6) is -4.63. The fourth-order valence-electron chi connectivity index (χ4n) is 13.8. The number of nitrogens with one attached hydrogen (secondary N) is 7. The Kier molecular flexibility index (Phi) is 25.6. The van der Waals surface area contributed by atoms with E-state index in [1.54, 1.807) is 101 Å². The van der Waals surface area contributed by atoms with E-state index in [-0.39, 0.29) is 86.2 Å². The van der Waals surface area contributed by atoms with E-state index in [9.17, 15) is 27.6 Å². The predicted molar refractivity (Wildman–Crippen MR) is 442 cm³/mol. The lowest BCUT2D eigenvalue weighted by molar-refractivity contribution is -0.137. The Hall–Kier alpha value is -12.9. The van der Waals surface area contributed by atoms with Crippen LogP contribution in [0.4, 0.5) is 86.7 Å². The molecule has 119 heavy (non-hydrogen) atoms. The van der Waals surface area contributed by atoms with E-state index >= 15 is 22.0 Å². The molecule has 27 nitrogen and oxygen atoms in total. The van der Waals surface area contributed by atoms with Crippen LogP contribution in [0.3, 0.4) is 0 Å². The molecule has 3 amide bonds. The third kappa shape index (κ3) is 18.9. The number of aromatic amines is 3. The van der Waals surface area contributed by atoms with Gasteiger partial charge < -0.3 is 89.6 Å². The molecule has 0 radical (unpaired) electrons. The molecule has 0 atom stereocenters. The lowest BCUT2D eigenvalue weighted by Crippen LogP contribution is -2.45. The lowest BCUT2D eigenvalue weighted by atomic mass is 10.1. The number of aromatic nitrogens is 9. The monoisotopic (exact) mass is 1640 g/mol. The zero-order valence-corrected chi connectivity index (χ0v) is 67.5. The molecule has 3 saturated heterocycles. The molecule has 6 aromatic heterocycles. The average molecular weight is 1640 g/mol. The number of amides is 3. The molecule has 6 aromatic carbocycles. The Morgan fingerprint density at radius 2 is 0.731 bits per heavy atom. The zero-order valence-electron chi connectivity index (χ0n) is 67.5. The summed E-state index contributed by atoms with van der Waals surface area (Å²) in [6, 6.07) is 27.9. The predicted octanol–water partition coefficient (Wildman–Crippen LogP) is 15.3. The number of fused-ring (bicyclic) bond motifs is 3. The van der Waals surface area contributed by atoms with Crippen molar-refractivity contribution in [1.29, 1.82) is 0 Å². The molecule has 0 aliphatic carbocycles. The molecule has 3 fully saturated rings. The van der Waals surface area contributed by atoms with E-state index in [0.29, 0.717) is 114 Å². The van der Waals surface area contributed by atoms with Gasteiger partial charge in [0.25, 0.3) is 17.7 Å². The third-order valence-electron chi connectivity index (χ3n) is 20.8. The molecule has 12 aromatic rings. The minimum absolute atomic E-state index is 0.00758. The lowest BCUT2D eigenvalue weighted by Gasteiger charge is -2.35. The first-order chi connectivity index (χ1) is 57.1. The Morgan fingerprint density at radius 1 is 0.420 bits per heavy atom. The van der Waals surface area contributed by atoms with Crippen LogP contribution in [0.25, 0.3) is 32.7 Å². The van der Waals surface area contributed by atoms with Crippen LogP contribution in [-0.4, -0.2) is 220 Å². The number of carbonyl (C=O) groups is 3. The van der Waals surface area contributed by atoms with Crippen molar-refractivity contribution in [2.24, 2.45) is 0 Å². The number of rotatable bonds is 21. The number of aryl methyl sites for hydroxylation is 3. The van der Waals surface area contributed by atoms with Crippen LogP contribution in [0.5, 0.6) is 34.9 Å². The fraction of sp³-hybridized carbons (Fsp3) is 0.321. The number of nitrogens with zero attached hydrogens (tertiary/aromatic N) is 14. The average Bonchev–Trinajstić information content (AvgIpc) is 1.73. The molecule has 624 valence electrons. The van der Waals surface area contributed by atoms with Crippen LogP contribution in [0.2, 0.25) is 0 Å². The molecule has 0 unspecified atom stereocenters. The number of anilines is 9. The molecule has 0 bridgehead atoms. The standard InChI is InChI=1S/C29H31F4N7O2.C28H31F2N7O2.C27H29F2N7O2/c1-5-39(4)28(41)24-26(34-16-35-27(24)42-23-9-7-21-19(25(23)30)14-17(2)36-21)37-18-6-8-22(20(15-18)29(31,32)33)40-12-10-38(3)11-13-40;1-5-36(4)28(38)24-26(34-18-6-8-22(20(29)15-18)37-12-10-35(3)11-13-37)31-16-32-27(24)39-23-9-7-21-19(25(23)30)14-17(2)33-21;1-4-35(3)27(37)23-25(34-17-5-7-21(19(28)14-17)36-11-9-30-10-12-36)31-15-32-26(23)38-22-8-6-20-18(24(22)29)13-16(2)33-20/h6-9,14-16,36H,5,10-13H2,1-4H3,(H,34,35,37);6-9,14-16,33H,5,10-13H2,1-4H3,(H,31,32,34);5-8,13-15,30,33H,4,9-12H2,1-3H3,(H,31,32,34). The highest BCUT2D eigenvalue weighted by molar-refractivity contribution is 6.03. The number of piperazine rings is 3. The smallest absolute Gasteiger partial charge is 0.418 e. The highest BCUT2D eigenvalue weighted by Gasteiger charge is 2.37. The number of carbonyl (C=O) groups excluding carboxylic acids is 3. The topological polar surface area (TPSA) is 278 Å². The minimum atomic E-state index is -4.62. The number of hydrogen-bond donors (Lipinski definition) is 7. The second kappa shape index (κ2) is 36.3. The summed E-state index contributed by atoms with van der Waals surface area (Å²) in [4.78, 5) is 88.7. The maximum absolute atomic E-state index is 15.3. The molecule has 15 rings (SSSR count). The van der Waals surface area contributed by atoms with Crippen molar-refractivity contribution < 1.29 is 63.7 Å². The second-order valence-electron chi connectivity index (χ2n) is 29.1. The molecule has 3 aliphatic heterocycles. The van der Waals surface area contributed by atoms with Crippen LogP contribution in [-0.2, 0) is 6.18 Å². The number of hydrogen-bond acceptors (Lipinski definition) is 21. The van der Waals surface area contributed by atoms with Crippen molar-refractivity contribution in [3.8, 4) is 34.9 Å². The maximum Gasteiger partial charge on any atom is 0.418 e. The number of ether oxygens (including phenoxy) is 3. The fourth-order valence-corrected chi connectivity index (χ4v) is 13.8. The first kappa shape index (κ1) is 84.0. The Labute approximate surface area is 680 Å². The van der Waals surface area contributed by atoms with Gasteiger partial charge in [0, 0.05) is 192 Å². The van der Waals surface area contributed by atoms with Crippen molar-refractivity contribution in [2.75, 3.05) is 164 Å². The van der Waals surface area contributed by atoms with Crippen molar-refractivity contribution in [2.45, 2.75) is 47.7 Å². The van der Waals surface area contributed by atoms with E-state index in [0.717, 1.165) is 68.7 Å². The second-order valence-corrected chi connectivity index (χ2v) is 29.1. The van der Waals surface area contributed by atoms with Crippen LogP contribution in [0.15, 0.2) is 128 Å². The van der Waals surface area contributed by atoms with Crippen molar-refractivity contribution in [1.82, 2.24) is 74.7 Å². The van der Waals surface area contributed by atoms with E-state index in [1.165, 1.54) is 69.8 Å². The van der Waals surface area contributed by atoms with E-state index in [1.807, 2.05) is 51.6 Å². The SMILES string of the molecule is CCN(C)C(=O)c1c(Nc2ccc(N3CCN(C)CC3)c(C(F)(F)F)c2)ncnc1Oc1ccc2[nH]c(C)cc2c1F.CCN(C)C(=O)c1c(Nc2ccc(N3CCN(C)CC3)c(F)c2)ncnc1Oc1ccc2[nH]c(C)cc2c1F.CCN(C)C(=O)c1c(Nc2ccc(N3CCNCC3)c(F)c2)ncnc1Oc1ccc2[nH]c(C)cc2c1F. The van der Waals surface area contributed by atoms with Crippen LogP contribution >= 0.6 is 0 Å². The normalized spacial score (nSPS) is 14.0. The summed E-state index contributed by atoms with van der Waals surface area (Å²) in [5.41, 5.74) is 5.24. The molecular formula is C84H91F8N21O6. The molecule has 9 heterocycles. The Morgan fingerprint density at radius 3 is 1.05 bits per heavy atom. The first-order valence-electron chi connectivity index (χ1n) is 38.7. The quantitative estimate of drug-likeness (QED) is 0.0329. The van der Waals surface area contributed by atoms with Gasteiger partial charge in [0.1, 0.15) is 47.3 Å².